The van der Waals surface area contributed by atoms with E-state index >= 15 is 0 Å². The molecule has 0 aliphatic carbocycles. The summed E-state index contributed by atoms with van der Waals surface area (Å²) in [4.78, 5) is 22.2. The van der Waals surface area contributed by atoms with Crippen LogP contribution in [0.25, 0.3) is 0 Å². The van der Waals surface area contributed by atoms with Gasteiger partial charge in [-0.25, -0.2) is 0 Å². The Balaban J connectivity index is 3.22. The summed E-state index contributed by atoms with van der Waals surface area (Å²) in [5, 5.41) is 0. The van der Waals surface area contributed by atoms with E-state index in [4.69, 9.17) is 14.2 Å². The number of hydrogen-bond acceptors (Lipinski definition) is 7. The van der Waals surface area contributed by atoms with E-state index in [0.717, 1.165) is 0 Å². The van der Waals surface area contributed by atoms with Crippen LogP contribution in [0.2, 0.25) is 0 Å². The molecule has 0 aliphatic heterocycles. The summed E-state index contributed by atoms with van der Waals surface area (Å²) in [5.41, 5.74) is 0. The van der Waals surface area contributed by atoms with Crippen molar-refractivity contribution < 1.29 is 23.8 Å². The van der Waals surface area contributed by atoms with Crippen molar-refractivity contribution >= 4 is 37.2 Å². The van der Waals surface area contributed by atoms with Gasteiger partial charge in [-0.1, -0.05) is 0 Å². The molecular formula is C12H22O5S2. The molecule has 0 radical (unpaired) electrons. The molecule has 19 heavy (non-hydrogen) atoms. The zero-order valence-electron chi connectivity index (χ0n) is 11.0. The van der Waals surface area contributed by atoms with Gasteiger partial charge in [0.15, 0.2) is 0 Å². The van der Waals surface area contributed by atoms with Crippen LogP contribution in [0.1, 0.15) is 25.7 Å². The average molecular weight is 310 g/mol. The van der Waals surface area contributed by atoms with E-state index in [2.05, 4.69) is 25.3 Å². The minimum absolute atomic E-state index is 0.221. The maximum absolute atomic E-state index is 11.1. The van der Waals surface area contributed by atoms with Crippen LogP contribution in [0, 0.1) is 0 Å². The van der Waals surface area contributed by atoms with E-state index in [1.165, 1.54) is 0 Å². The van der Waals surface area contributed by atoms with Gasteiger partial charge < -0.3 is 14.2 Å². The van der Waals surface area contributed by atoms with Gasteiger partial charge in [-0.05, 0) is 24.3 Å². The lowest BCUT2D eigenvalue weighted by atomic mass is 10.3. The number of carbonyl (C=O) groups excluding carboxylic acids is 2. The molecule has 0 rings (SSSR count). The van der Waals surface area contributed by atoms with Gasteiger partial charge in [0, 0.05) is 12.8 Å². The first kappa shape index (κ1) is 18.6. The smallest absolute Gasteiger partial charge is 0.305 e. The normalized spacial score (nSPS) is 10.2. The Hall–Kier alpha value is -0.400. The number of thiol groups is 2. The Kier molecular flexibility index (Phi) is 13.7. The molecular weight excluding hydrogens is 288 g/mol. The number of hydrogen-bond donors (Lipinski definition) is 2. The third-order valence-corrected chi connectivity index (χ3v) is 2.69. The van der Waals surface area contributed by atoms with E-state index in [1.54, 1.807) is 0 Å². The lowest BCUT2D eigenvalue weighted by molar-refractivity contribution is -0.146. The SMILES string of the molecule is O=C(CCCS)OCCOCCOC(=O)CCCS. The van der Waals surface area contributed by atoms with E-state index in [9.17, 15) is 9.59 Å². The van der Waals surface area contributed by atoms with Gasteiger partial charge in [0.25, 0.3) is 0 Å². The molecule has 0 atom stereocenters. The Morgan fingerprint density at radius 2 is 1.16 bits per heavy atom. The van der Waals surface area contributed by atoms with Crippen molar-refractivity contribution in [3.8, 4) is 0 Å². The van der Waals surface area contributed by atoms with Crippen LogP contribution in [0.5, 0.6) is 0 Å². The van der Waals surface area contributed by atoms with E-state index in [-0.39, 0.29) is 25.2 Å². The van der Waals surface area contributed by atoms with E-state index in [0.29, 0.717) is 50.4 Å². The second-order valence-electron chi connectivity index (χ2n) is 3.71. The summed E-state index contributed by atoms with van der Waals surface area (Å²) in [5.74, 6) is 0.862. The topological polar surface area (TPSA) is 61.8 Å². The van der Waals surface area contributed by atoms with E-state index in [1.807, 2.05) is 0 Å². The fourth-order valence-electron chi connectivity index (χ4n) is 1.12. The Morgan fingerprint density at radius 1 is 0.737 bits per heavy atom. The third-order valence-electron chi connectivity index (χ3n) is 2.06. The summed E-state index contributed by atoms with van der Waals surface area (Å²) in [6, 6.07) is 0. The van der Waals surface area contributed by atoms with Crippen LogP contribution < -0.4 is 0 Å². The Bertz CT molecular complexity index is 224. The number of carbonyl (C=O) groups is 2. The molecule has 0 amide bonds. The lowest BCUT2D eigenvalue weighted by Gasteiger charge is -2.06. The molecule has 0 bridgehead atoms. The molecule has 0 unspecified atom stereocenters. The highest BCUT2D eigenvalue weighted by Gasteiger charge is 2.02. The number of rotatable bonds is 12. The number of esters is 2. The second kappa shape index (κ2) is 14.0. The lowest BCUT2D eigenvalue weighted by Crippen LogP contribution is -2.14. The van der Waals surface area contributed by atoms with Crippen LogP contribution in [0.4, 0.5) is 0 Å². The summed E-state index contributed by atoms with van der Waals surface area (Å²) < 4.78 is 15.0. The minimum Gasteiger partial charge on any atom is -0.463 e. The molecule has 0 heterocycles. The van der Waals surface area contributed by atoms with Crippen LogP contribution in [-0.2, 0) is 23.8 Å². The minimum atomic E-state index is -0.240. The fourth-order valence-corrected chi connectivity index (χ4v) is 1.44. The second-order valence-corrected chi connectivity index (χ2v) is 4.60. The number of ether oxygens (including phenoxy) is 3. The van der Waals surface area contributed by atoms with Crippen LogP contribution >= 0.6 is 25.3 Å². The first-order valence-corrected chi connectivity index (χ1v) is 7.58. The molecule has 0 aromatic carbocycles. The van der Waals surface area contributed by atoms with Gasteiger partial charge in [0.2, 0.25) is 0 Å². The summed E-state index contributed by atoms with van der Waals surface area (Å²) in [7, 11) is 0. The molecule has 0 N–H and O–H groups in total. The van der Waals surface area contributed by atoms with Crippen molar-refractivity contribution in [3.63, 3.8) is 0 Å². The van der Waals surface area contributed by atoms with Gasteiger partial charge in [-0.2, -0.15) is 25.3 Å². The summed E-state index contributed by atoms with van der Waals surface area (Å²) in [6.45, 7) is 1.06. The third kappa shape index (κ3) is 13.8. The van der Waals surface area contributed by atoms with Gasteiger partial charge in [0.05, 0.1) is 13.2 Å². The van der Waals surface area contributed by atoms with Crippen LogP contribution in [-0.4, -0.2) is 49.9 Å². The van der Waals surface area contributed by atoms with Gasteiger partial charge in [-0.15, -0.1) is 0 Å². The van der Waals surface area contributed by atoms with Crippen molar-refractivity contribution in [2.24, 2.45) is 0 Å². The zero-order valence-corrected chi connectivity index (χ0v) is 12.8. The van der Waals surface area contributed by atoms with Crippen molar-refractivity contribution in [1.29, 1.82) is 0 Å². The van der Waals surface area contributed by atoms with Crippen molar-refractivity contribution in [2.45, 2.75) is 25.7 Å². The quantitative estimate of drug-likeness (QED) is 0.325. The largest absolute Gasteiger partial charge is 0.463 e. The van der Waals surface area contributed by atoms with Gasteiger partial charge in [-0.3, -0.25) is 9.59 Å². The molecule has 0 aliphatic rings. The average Bonchev–Trinajstić information content (AvgIpc) is 2.41. The standard InChI is InChI=1S/C12H22O5S2/c13-11(3-1-9-18)16-7-5-15-6-8-17-12(14)4-2-10-19/h18-19H,1-10H2. The fraction of sp³-hybridized carbons (Fsp3) is 0.833. The highest BCUT2D eigenvalue weighted by atomic mass is 32.1. The predicted molar refractivity (Wildman–Crippen MR) is 78.9 cm³/mol. The van der Waals surface area contributed by atoms with Crippen LogP contribution in [0.3, 0.4) is 0 Å². The Morgan fingerprint density at radius 3 is 1.53 bits per heavy atom. The van der Waals surface area contributed by atoms with Gasteiger partial charge >= 0.3 is 11.9 Å². The first-order valence-electron chi connectivity index (χ1n) is 6.31. The maximum Gasteiger partial charge on any atom is 0.305 e. The monoisotopic (exact) mass is 310 g/mol. The van der Waals surface area contributed by atoms with Crippen molar-refractivity contribution in [2.75, 3.05) is 37.9 Å². The highest BCUT2D eigenvalue weighted by Crippen LogP contribution is 1.95. The van der Waals surface area contributed by atoms with Crippen LogP contribution in [0.15, 0.2) is 0 Å². The molecule has 112 valence electrons. The molecule has 7 heteroatoms. The molecule has 0 saturated carbocycles. The molecule has 0 fully saturated rings. The van der Waals surface area contributed by atoms with E-state index < -0.39 is 0 Å². The van der Waals surface area contributed by atoms with Crippen molar-refractivity contribution in [1.82, 2.24) is 0 Å². The highest BCUT2D eigenvalue weighted by molar-refractivity contribution is 7.80. The summed E-state index contributed by atoms with van der Waals surface area (Å²) in [6.07, 6.45) is 2.19. The Labute approximate surface area is 125 Å². The maximum atomic E-state index is 11.1. The summed E-state index contributed by atoms with van der Waals surface area (Å²) >= 11 is 8.01. The molecule has 0 spiro atoms. The predicted octanol–water partition coefficient (Wildman–Crippen LogP) is 1.51. The first-order chi connectivity index (χ1) is 9.20. The molecule has 5 nitrogen and oxygen atoms in total. The molecule has 0 aromatic heterocycles. The molecule has 0 aromatic rings. The molecule has 0 saturated heterocycles. The van der Waals surface area contributed by atoms with Crippen molar-refractivity contribution in [3.05, 3.63) is 0 Å². The zero-order chi connectivity index (χ0) is 14.3. The van der Waals surface area contributed by atoms with Gasteiger partial charge in [0.1, 0.15) is 13.2 Å².